The molecule has 0 unspecified atom stereocenters. The number of fused-ring (bicyclic) bond motifs is 1. The number of hydrogen-bond donors (Lipinski definition) is 0. The van der Waals surface area contributed by atoms with Gasteiger partial charge < -0.3 is 9.47 Å². The van der Waals surface area contributed by atoms with Gasteiger partial charge in [-0.2, -0.15) is 0 Å². The van der Waals surface area contributed by atoms with Crippen LogP contribution in [0.15, 0.2) is 60.8 Å². The number of aryl methyl sites for hydroxylation is 2. The van der Waals surface area contributed by atoms with E-state index in [2.05, 4.69) is 11.9 Å². The lowest BCUT2D eigenvalue weighted by Gasteiger charge is -2.24. The SMILES string of the molecule is CCCn1c(CN(Cc2ccccc2F)C(=O)c2ccc(C)c(Cl)c2)nc2cccnc21. The van der Waals surface area contributed by atoms with Crippen LogP contribution in [0.1, 0.15) is 40.7 Å². The first-order valence-electron chi connectivity index (χ1n) is 10.6. The van der Waals surface area contributed by atoms with Crippen LogP contribution in [0.2, 0.25) is 5.02 Å². The van der Waals surface area contributed by atoms with Crippen molar-refractivity contribution in [1.82, 2.24) is 19.4 Å². The Hall–Kier alpha value is -3.25. The van der Waals surface area contributed by atoms with Gasteiger partial charge in [0.05, 0.1) is 6.54 Å². The minimum Gasteiger partial charge on any atom is -0.327 e. The molecule has 0 fully saturated rings. The molecule has 4 aromatic rings. The summed E-state index contributed by atoms with van der Waals surface area (Å²) in [5.41, 5.74) is 3.33. The number of imidazole rings is 1. The Morgan fingerprint density at radius 3 is 2.69 bits per heavy atom. The number of halogens is 2. The van der Waals surface area contributed by atoms with Crippen molar-refractivity contribution >= 4 is 28.7 Å². The second-order valence-electron chi connectivity index (χ2n) is 7.74. The smallest absolute Gasteiger partial charge is 0.254 e. The van der Waals surface area contributed by atoms with E-state index in [0.29, 0.717) is 22.0 Å². The lowest BCUT2D eigenvalue weighted by molar-refractivity contribution is 0.0722. The predicted molar refractivity (Wildman–Crippen MR) is 124 cm³/mol. The maximum Gasteiger partial charge on any atom is 0.254 e. The van der Waals surface area contributed by atoms with E-state index in [1.54, 1.807) is 41.4 Å². The van der Waals surface area contributed by atoms with Crippen LogP contribution in [0.3, 0.4) is 0 Å². The Balaban J connectivity index is 1.75. The van der Waals surface area contributed by atoms with Gasteiger partial charge in [-0.05, 0) is 49.2 Å². The molecule has 2 aromatic heterocycles. The van der Waals surface area contributed by atoms with E-state index in [1.807, 2.05) is 29.7 Å². The zero-order valence-corrected chi connectivity index (χ0v) is 18.8. The zero-order chi connectivity index (χ0) is 22.7. The van der Waals surface area contributed by atoms with Gasteiger partial charge >= 0.3 is 0 Å². The fourth-order valence-electron chi connectivity index (χ4n) is 3.70. The molecule has 5 nitrogen and oxygen atoms in total. The van der Waals surface area contributed by atoms with Crippen molar-refractivity contribution in [2.24, 2.45) is 0 Å². The Morgan fingerprint density at radius 2 is 1.94 bits per heavy atom. The highest BCUT2D eigenvalue weighted by atomic mass is 35.5. The van der Waals surface area contributed by atoms with Crippen LogP contribution in [0.4, 0.5) is 4.39 Å². The van der Waals surface area contributed by atoms with Crippen LogP contribution in [0.5, 0.6) is 0 Å². The molecule has 0 spiro atoms. The maximum absolute atomic E-state index is 14.4. The molecule has 0 saturated heterocycles. The van der Waals surface area contributed by atoms with Crippen molar-refractivity contribution in [3.8, 4) is 0 Å². The Labute approximate surface area is 191 Å². The average Bonchev–Trinajstić information content (AvgIpc) is 3.13. The molecule has 0 aliphatic rings. The van der Waals surface area contributed by atoms with Gasteiger partial charge in [-0.3, -0.25) is 4.79 Å². The summed E-state index contributed by atoms with van der Waals surface area (Å²) in [4.78, 5) is 24.3. The van der Waals surface area contributed by atoms with E-state index in [0.717, 1.165) is 29.7 Å². The molecule has 0 atom stereocenters. The van der Waals surface area contributed by atoms with Gasteiger partial charge in [0.1, 0.15) is 17.2 Å². The second-order valence-corrected chi connectivity index (χ2v) is 8.15. The third-order valence-electron chi connectivity index (χ3n) is 5.39. The van der Waals surface area contributed by atoms with Gasteiger partial charge in [0, 0.05) is 35.4 Å². The van der Waals surface area contributed by atoms with Crippen LogP contribution in [0, 0.1) is 12.7 Å². The number of carbonyl (C=O) groups excluding carboxylic acids is 1. The average molecular weight is 451 g/mol. The van der Waals surface area contributed by atoms with Crippen LogP contribution in [0.25, 0.3) is 11.2 Å². The minimum absolute atomic E-state index is 0.111. The van der Waals surface area contributed by atoms with E-state index in [9.17, 15) is 9.18 Å². The standard InChI is InChI=1S/C25H24ClFN4O/c1-3-13-31-23(29-22-9-6-12-28-24(22)31)16-30(15-19-7-4-5-8-21(19)27)25(32)18-11-10-17(2)20(26)14-18/h4-12,14H,3,13,15-16H2,1-2H3. The Morgan fingerprint density at radius 1 is 1.12 bits per heavy atom. The molecule has 32 heavy (non-hydrogen) atoms. The van der Waals surface area contributed by atoms with E-state index >= 15 is 0 Å². The van der Waals surface area contributed by atoms with Gasteiger partial charge in [0.2, 0.25) is 0 Å². The summed E-state index contributed by atoms with van der Waals surface area (Å²) < 4.78 is 16.5. The molecule has 1 amide bonds. The summed E-state index contributed by atoms with van der Waals surface area (Å²) in [7, 11) is 0. The molecule has 2 aromatic carbocycles. The van der Waals surface area contributed by atoms with Gasteiger partial charge in [-0.25, -0.2) is 14.4 Å². The normalized spacial score (nSPS) is 11.1. The van der Waals surface area contributed by atoms with Crippen LogP contribution in [-0.4, -0.2) is 25.3 Å². The highest BCUT2D eigenvalue weighted by molar-refractivity contribution is 6.31. The van der Waals surface area contributed by atoms with Crippen molar-refractivity contribution in [2.45, 2.75) is 39.9 Å². The molecular weight excluding hydrogens is 427 g/mol. The number of pyridine rings is 1. The number of rotatable bonds is 7. The highest BCUT2D eigenvalue weighted by Gasteiger charge is 2.22. The first kappa shape index (κ1) is 22.0. The van der Waals surface area contributed by atoms with Gasteiger partial charge in [0.15, 0.2) is 5.65 Å². The van der Waals surface area contributed by atoms with Crippen LogP contribution < -0.4 is 0 Å². The molecule has 2 heterocycles. The molecule has 0 N–H and O–H groups in total. The second kappa shape index (κ2) is 9.49. The topological polar surface area (TPSA) is 51.0 Å². The molecule has 4 rings (SSSR count). The highest BCUT2D eigenvalue weighted by Crippen LogP contribution is 2.22. The fourth-order valence-corrected chi connectivity index (χ4v) is 3.88. The molecule has 0 aliphatic heterocycles. The van der Waals surface area contributed by atoms with Gasteiger partial charge in [-0.1, -0.05) is 42.8 Å². The van der Waals surface area contributed by atoms with Crippen LogP contribution in [-0.2, 0) is 19.6 Å². The molecule has 0 radical (unpaired) electrons. The van der Waals surface area contributed by atoms with Gasteiger partial charge in [0.25, 0.3) is 5.91 Å². The Bertz CT molecular complexity index is 1270. The van der Waals surface area contributed by atoms with Crippen molar-refractivity contribution in [2.75, 3.05) is 0 Å². The number of benzene rings is 2. The number of hydrogen-bond acceptors (Lipinski definition) is 3. The van der Waals surface area contributed by atoms with E-state index < -0.39 is 0 Å². The summed E-state index contributed by atoms with van der Waals surface area (Å²) >= 11 is 6.27. The van der Waals surface area contributed by atoms with Crippen LogP contribution >= 0.6 is 11.6 Å². The lowest BCUT2D eigenvalue weighted by Crippen LogP contribution is -2.31. The van der Waals surface area contributed by atoms with Crippen molar-refractivity contribution < 1.29 is 9.18 Å². The number of carbonyl (C=O) groups is 1. The van der Waals surface area contributed by atoms with E-state index in [1.165, 1.54) is 6.07 Å². The zero-order valence-electron chi connectivity index (χ0n) is 18.1. The van der Waals surface area contributed by atoms with Crippen molar-refractivity contribution in [3.05, 3.63) is 94.1 Å². The van der Waals surface area contributed by atoms with E-state index in [4.69, 9.17) is 16.6 Å². The summed E-state index contributed by atoms with van der Waals surface area (Å²) in [5, 5.41) is 0.518. The van der Waals surface area contributed by atoms with Crippen molar-refractivity contribution in [1.29, 1.82) is 0 Å². The molecule has 0 bridgehead atoms. The summed E-state index contributed by atoms with van der Waals surface area (Å²) in [6.07, 6.45) is 2.63. The van der Waals surface area contributed by atoms with Crippen molar-refractivity contribution in [3.63, 3.8) is 0 Å². The summed E-state index contributed by atoms with van der Waals surface area (Å²) in [6.45, 7) is 5.01. The molecule has 7 heteroatoms. The quantitative estimate of drug-likeness (QED) is 0.358. The molecule has 0 saturated carbocycles. The lowest BCUT2D eigenvalue weighted by atomic mass is 10.1. The Kier molecular flexibility index (Phi) is 6.51. The predicted octanol–water partition coefficient (Wildman–Crippen LogP) is 5.78. The first-order valence-corrected chi connectivity index (χ1v) is 10.9. The third-order valence-corrected chi connectivity index (χ3v) is 5.79. The fraction of sp³-hybridized carbons (Fsp3) is 0.240. The third kappa shape index (κ3) is 4.50. The van der Waals surface area contributed by atoms with Gasteiger partial charge in [-0.15, -0.1) is 0 Å². The first-order chi connectivity index (χ1) is 15.5. The molecular formula is C25H24ClFN4O. The number of aromatic nitrogens is 3. The minimum atomic E-state index is -0.351. The number of nitrogens with zero attached hydrogens (tertiary/aromatic N) is 4. The number of amides is 1. The monoisotopic (exact) mass is 450 g/mol. The van der Waals surface area contributed by atoms with E-state index in [-0.39, 0.29) is 24.8 Å². The maximum atomic E-state index is 14.4. The summed E-state index contributed by atoms with van der Waals surface area (Å²) in [6, 6.07) is 15.4. The largest absolute Gasteiger partial charge is 0.327 e. The molecule has 164 valence electrons. The summed E-state index contributed by atoms with van der Waals surface area (Å²) in [5.74, 6) is 0.123. The molecule has 0 aliphatic carbocycles.